The van der Waals surface area contributed by atoms with Crippen molar-refractivity contribution in [3.05, 3.63) is 93.8 Å². The Labute approximate surface area is 235 Å². The summed E-state index contributed by atoms with van der Waals surface area (Å²) in [6.45, 7) is 3.39. The highest BCUT2D eigenvalue weighted by Crippen LogP contribution is 2.21. The summed E-state index contributed by atoms with van der Waals surface area (Å²) in [5.74, 6) is 5.38. The van der Waals surface area contributed by atoms with Crippen molar-refractivity contribution in [3.8, 4) is 17.5 Å². The molecule has 208 valence electrons. The van der Waals surface area contributed by atoms with Gasteiger partial charge >= 0.3 is 0 Å². The zero-order valence-corrected chi connectivity index (χ0v) is 23.2. The van der Waals surface area contributed by atoms with Crippen LogP contribution in [-0.4, -0.2) is 51.3 Å². The molecule has 0 spiro atoms. The number of nitrogens with one attached hydrogen (secondary N) is 2. The third-order valence-electron chi connectivity index (χ3n) is 6.17. The van der Waals surface area contributed by atoms with E-state index in [0.29, 0.717) is 28.1 Å². The Balaban J connectivity index is 1.61. The second-order valence-electron chi connectivity index (χ2n) is 9.33. The van der Waals surface area contributed by atoms with E-state index in [2.05, 4.69) is 32.0 Å². The van der Waals surface area contributed by atoms with Crippen LogP contribution in [0.5, 0.6) is 0 Å². The summed E-state index contributed by atoms with van der Waals surface area (Å²) in [7, 11) is -3.41. The van der Waals surface area contributed by atoms with Gasteiger partial charge in [0.15, 0.2) is 17.2 Å². The lowest BCUT2D eigenvalue weighted by Gasteiger charge is -2.20. The van der Waals surface area contributed by atoms with Gasteiger partial charge in [0.2, 0.25) is 10.0 Å². The van der Waals surface area contributed by atoms with Crippen molar-refractivity contribution in [2.75, 3.05) is 18.5 Å². The van der Waals surface area contributed by atoms with Gasteiger partial charge in [-0.05, 0) is 50.2 Å². The van der Waals surface area contributed by atoms with Gasteiger partial charge in [-0.3, -0.25) is 14.2 Å². The summed E-state index contributed by atoms with van der Waals surface area (Å²) >= 11 is 0. The number of amides is 1. The van der Waals surface area contributed by atoms with Crippen LogP contribution >= 0.6 is 0 Å². The van der Waals surface area contributed by atoms with Crippen LogP contribution in [0.3, 0.4) is 0 Å². The number of para-hydroxylation sites is 1. The van der Waals surface area contributed by atoms with Crippen molar-refractivity contribution in [1.29, 1.82) is 0 Å². The minimum absolute atomic E-state index is 0.0216. The van der Waals surface area contributed by atoms with Gasteiger partial charge in [-0.15, -0.1) is 0 Å². The Bertz CT molecular complexity index is 2040. The maximum absolute atomic E-state index is 14.0. The predicted octanol–water partition coefficient (Wildman–Crippen LogP) is 1.71. The number of nitrogen functional groups attached to an aromatic ring is 1. The van der Waals surface area contributed by atoms with Gasteiger partial charge in [0.25, 0.3) is 11.5 Å². The number of aryl methyl sites for hydroxylation is 1. The first-order chi connectivity index (χ1) is 19.5. The first-order valence-corrected chi connectivity index (χ1v) is 14.4. The molecule has 1 amide bonds. The fraction of sp³-hybridized carbons (Fsp3) is 0.179. The van der Waals surface area contributed by atoms with Crippen LogP contribution in [0.15, 0.2) is 65.5 Å². The molecule has 3 heterocycles. The Morgan fingerprint density at radius 3 is 2.56 bits per heavy atom. The van der Waals surface area contributed by atoms with Crippen LogP contribution in [0.4, 0.5) is 5.82 Å². The molecule has 3 aromatic heterocycles. The van der Waals surface area contributed by atoms with Crippen molar-refractivity contribution in [2.45, 2.75) is 19.9 Å². The van der Waals surface area contributed by atoms with Crippen LogP contribution < -0.4 is 21.3 Å². The second kappa shape index (κ2) is 10.8. The lowest BCUT2D eigenvalue weighted by atomic mass is 10.1. The maximum Gasteiger partial charge on any atom is 0.274 e. The van der Waals surface area contributed by atoms with Gasteiger partial charge in [-0.2, -0.15) is 5.10 Å². The standard InChI is InChI=1S/C28H26N8O4S/c1-17-14-15-22-33-25(29)24(36(22)34-17)27(37)31-18(2)26-32-21-13-7-9-19(10-8-16-30-41(3,39)40)23(21)28(38)35(26)20-11-5-4-6-12-20/h4-7,9,11-15,18,30H,16,29H2,1-3H3,(H,31,37). The number of nitrogens with two attached hydrogens (primary N) is 1. The highest BCUT2D eigenvalue weighted by molar-refractivity contribution is 7.88. The predicted molar refractivity (Wildman–Crippen MR) is 155 cm³/mol. The number of hydrogen-bond acceptors (Lipinski definition) is 8. The molecule has 13 heteroatoms. The molecule has 1 unspecified atom stereocenters. The Morgan fingerprint density at radius 1 is 1.07 bits per heavy atom. The van der Waals surface area contributed by atoms with Gasteiger partial charge in [0, 0.05) is 5.56 Å². The number of nitrogens with zero attached hydrogens (tertiary/aromatic N) is 5. The smallest absolute Gasteiger partial charge is 0.274 e. The van der Waals surface area contributed by atoms with Crippen LogP contribution in [0.25, 0.3) is 22.2 Å². The molecular weight excluding hydrogens is 544 g/mol. The number of carbonyl (C=O) groups excluding carboxylic acids is 1. The molecule has 0 fully saturated rings. The fourth-order valence-electron chi connectivity index (χ4n) is 4.36. The average Bonchev–Trinajstić information content (AvgIpc) is 3.25. The molecule has 0 radical (unpaired) electrons. The number of anilines is 1. The number of carbonyl (C=O) groups is 1. The number of imidazole rings is 1. The van der Waals surface area contributed by atoms with Crippen LogP contribution in [0.1, 0.15) is 40.5 Å². The van der Waals surface area contributed by atoms with E-state index in [1.54, 1.807) is 68.4 Å². The van der Waals surface area contributed by atoms with Crippen molar-refractivity contribution in [1.82, 2.24) is 34.2 Å². The van der Waals surface area contributed by atoms with E-state index in [0.717, 1.165) is 6.26 Å². The maximum atomic E-state index is 14.0. The van der Waals surface area contributed by atoms with Gasteiger partial charge < -0.3 is 11.1 Å². The summed E-state index contributed by atoms with van der Waals surface area (Å²) in [5.41, 5.74) is 8.15. The van der Waals surface area contributed by atoms with E-state index >= 15 is 0 Å². The number of rotatable bonds is 6. The Kier molecular flexibility index (Phi) is 7.27. The summed E-state index contributed by atoms with van der Waals surface area (Å²) in [6.07, 6.45) is 1.04. The van der Waals surface area contributed by atoms with E-state index < -0.39 is 27.5 Å². The van der Waals surface area contributed by atoms with Crippen molar-refractivity contribution in [3.63, 3.8) is 0 Å². The highest BCUT2D eigenvalue weighted by Gasteiger charge is 2.24. The van der Waals surface area contributed by atoms with E-state index in [-0.39, 0.29) is 29.3 Å². The SMILES string of the molecule is Cc1ccc2nc(N)c(C(=O)NC(C)c3nc4cccc(C#CCNS(C)(=O)=O)c4c(=O)n3-c3ccccc3)n2n1. The van der Waals surface area contributed by atoms with Crippen LogP contribution in [0.2, 0.25) is 0 Å². The highest BCUT2D eigenvalue weighted by atomic mass is 32.2. The lowest BCUT2D eigenvalue weighted by Crippen LogP contribution is -2.34. The van der Waals surface area contributed by atoms with Gasteiger partial charge in [0.05, 0.1) is 41.1 Å². The third kappa shape index (κ3) is 5.65. The normalized spacial score (nSPS) is 12.2. The molecule has 2 aromatic carbocycles. The minimum Gasteiger partial charge on any atom is -0.382 e. The number of benzene rings is 2. The van der Waals surface area contributed by atoms with E-state index in [9.17, 15) is 18.0 Å². The van der Waals surface area contributed by atoms with Crippen LogP contribution in [-0.2, 0) is 10.0 Å². The fourth-order valence-corrected chi connectivity index (χ4v) is 4.69. The number of sulfonamides is 1. The zero-order chi connectivity index (χ0) is 29.3. The molecule has 0 aliphatic rings. The third-order valence-corrected chi connectivity index (χ3v) is 6.84. The summed E-state index contributed by atoms with van der Waals surface area (Å²) in [6, 6.07) is 16.7. The first-order valence-electron chi connectivity index (χ1n) is 12.5. The van der Waals surface area contributed by atoms with E-state index in [4.69, 9.17) is 10.7 Å². The largest absolute Gasteiger partial charge is 0.382 e. The Morgan fingerprint density at radius 2 is 1.83 bits per heavy atom. The number of hydrogen-bond donors (Lipinski definition) is 3. The monoisotopic (exact) mass is 570 g/mol. The molecule has 5 rings (SSSR count). The average molecular weight is 571 g/mol. The molecule has 0 aliphatic heterocycles. The molecule has 12 nitrogen and oxygen atoms in total. The molecular formula is C28H26N8O4S. The number of fused-ring (bicyclic) bond motifs is 2. The molecule has 0 aliphatic carbocycles. The van der Waals surface area contributed by atoms with Gasteiger partial charge in [0.1, 0.15) is 5.82 Å². The lowest BCUT2D eigenvalue weighted by molar-refractivity contribution is 0.0931. The van der Waals surface area contributed by atoms with E-state index in [1.165, 1.54) is 9.08 Å². The Hall–Kier alpha value is -5.06. The summed E-state index contributed by atoms with van der Waals surface area (Å²) in [4.78, 5) is 36.5. The van der Waals surface area contributed by atoms with Gasteiger partial charge in [-0.1, -0.05) is 36.1 Å². The quantitative estimate of drug-likeness (QED) is 0.260. The van der Waals surface area contributed by atoms with Crippen molar-refractivity contribution >= 4 is 38.3 Å². The van der Waals surface area contributed by atoms with Gasteiger partial charge in [-0.25, -0.2) is 27.6 Å². The minimum atomic E-state index is -3.41. The topological polar surface area (TPSA) is 166 Å². The molecule has 41 heavy (non-hydrogen) atoms. The van der Waals surface area contributed by atoms with Crippen LogP contribution in [0, 0.1) is 18.8 Å². The molecule has 0 bridgehead atoms. The molecule has 1 atom stereocenters. The van der Waals surface area contributed by atoms with E-state index in [1.807, 2.05) is 6.07 Å². The zero-order valence-electron chi connectivity index (χ0n) is 22.4. The molecule has 0 saturated carbocycles. The van der Waals surface area contributed by atoms with Crippen molar-refractivity contribution < 1.29 is 13.2 Å². The molecule has 0 saturated heterocycles. The molecule has 4 N–H and O–H groups in total. The molecule has 5 aromatic rings. The summed E-state index contributed by atoms with van der Waals surface area (Å²) < 4.78 is 27.9. The summed E-state index contributed by atoms with van der Waals surface area (Å²) in [5, 5.41) is 7.51. The number of aromatic nitrogens is 5. The first kappa shape index (κ1) is 27.5. The van der Waals surface area contributed by atoms with Crippen molar-refractivity contribution in [2.24, 2.45) is 0 Å². The second-order valence-corrected chi connectivity index (χ2v) is 11.2.